The van der Waals surface area contributed by atoms with Crippen LogP contribution < -0.4 is 4.90 Å². The third-order valence-corrected chi connectivity index (χ3v) is 6.13. The number of carbonyl (C=O) groups is 3. The van der Waals surface area contributed by atoms with E-state index in [1.54, 1.807) is 39.8 Å². The summed E-state index contributed by atoms with van der Waals surface area (Å²) >= 11 is 0. The molecule has 0 aromatic heterocycles. The SMILES string of the molecule is CC[C@@]1(O)C[C@H]([N+](=O)[O-])[C@@H](C(=O)OC)[C@@]12C(=O)N(C(=O)OC(C)(C)C)c1ccccc12. The average Bonchev–Trinajstić information content (AvgIpc) is 3.12. The van der Waals surface area contributed by atoms with Crippen LogP contribution >= 0.6 is 0 Å². The molecule has 1 aliphatic carbocycles. The number of amides is 2. The number of carbonyl (C=O) groups excluding carboxylic acids is 3. The van der Waals surface area contributed by atoms with Gasteiger partial charge in [0.25, 0.3) is 5.91 Å². The van der Waals surface area contributed by atoms with E-state index in [1.165, 1.54) is 12.1 Å². The molecule has 1 fully saturated rings. The summed E-state index contributed by atoms with van der Waals surface area (Å²) in [7, 11) is 1.06. The minimum atomic E-state index is -2.07. The first-order valence-electron chi connectivity index (χ1n) is 9.96. The zero-order valence-electron chi connectivity index (χ0n) is 18.1. The zero-order chi connectivity index (χ0) is 23.4. The maximum atomic E-state index is 13.9. The fourth-order valence-electron chi connectivity index (χ4n) is 4.93. The predicted octanol–water partition coefficient (Wildman–Crippen LogP) is 2.19. The summed E-state index contributed by atoms with van der Waals surface area (Å²) < 4.78 is 10.2. The Hall–Kier alpha value is -3.01. The van der Waals surface area contributed by atoms with Gasteiger partial charge in [-0.05, 0) is 38.8 Å². The van der Waals surface area contributed by atoms with Crippen molar-refractivity contribution >= 4 is 23.7 Å². The smallest absolute Gasteiger partial charge is 0.421 e. The van der Waals surface area contributed by atoms with Crippen LogP contribution in [-0.2, 0) is 24.5 Å². The van der Waals surface area contributed by atoms with Crippen molar-refractivity contribution < 1.29 is 33.9 Å². The number of benzene rings is 1. The maximum Gasteiger partial charge on any atom is 0.421 e. The number of anilines is 1. The molecule has 1 aromatic rings. The summed E-state index contributed by atoms with van der Waals surface area (Å²) in [6.07, 6.45) is -1.50. The minimum absolute atomic E-state index is 0.0624. The van der Waals surface area contributed by atoms with Gasteiger partial charge in [0.2, 0.25) is 6.04 Å². The number of ether oxygens (including phenoxy) is 2. The average molecular weight is 434 g/mol. The Labute approximate surface area is 179 Å². The molecule has 10 nitrogen and oxygen atoms in total. The lowest BCUT2D eigenvalue weighted by molar-refractivity contribution is -0.528. The molecule has 31 heavy (non-hydrogen) atoms. The number of rotatable bonds is 3. The van der Waals surface area contributed by atoms with Gasteiger partial charge in [-0.25, -0.2) is 9.69 Å². The van der Waals surface area contributed by atoms with Crippen molar-refractivity contribution in [1.82, 2.24) is 0 Å². The molecule has 0 saturated heterocycles. The van der Waals surface area contributed by atoms with Gasteiger partial charge in [0.05, 0.1) is 18.4 Å². The fraction of sp³-hybridized carbons (Fsp3) is 0.571. The van der Waals surface area contributed by atoms with Gasteiger partial charge in [-0.3, -0.25) is 19.7 Å². The van der Waals surface area contributed by atoms with E-state index < -0.39 is 57.9 Å². The molecule has 10 heteroatoms. The van der Waals surface area contributed by atoms with E-state index in [0.29, 0.717) is 0 Å². The van der Waals surface area contributed by atoms with Crippen molar-refractivity contribution in [2.75, 3.05) is 12.0 Å². The van der Waals surface area contributed by atoms with Crippen molar-refractivity contribution in [3.8, 4) is 0 Å². The first kappa shape index (κ1) is 22.7. The number of hydrogen-bond acceptors (Lipinski definition) is 8. The molecule has 2 aliphatic rings. The highest BCUT2D eigenvalue weighted by molar-refractivity contribution is 6.23. The number of nitrogens with zero attached hydrogens (tertiary/aromatic N) is 2. The maximum absolute atomic E-state index is 13.9. The zero-order valence-corrected chi connectivity index (χ0v) is 18.1. The lowest BCUT2D eigenvalue weighted by Gasteiger charge is -2.39. The van der Waals surface area contributed by atoms with Gasteiger partial charge in [0, 0.05) is 11.3 Å². The number of nitro groups is 1. The van der Waals surface area contributed by atoms with Gasteiger partial charge in [-0.2, -0.15) is 0 Å². The van der Waals surface area contributed by atoms with Crippen molar-refractivity contribution in [3.05, 3.63) is 39.9 Å². The second kappa shape index (κ2) is 7.30. The molecule has 0 radical (unpaired) electrons. The minimum Gasteiger partial charge on any atom is -0.469 e. The Balaban J connectivity index is 2.33. The summed E-state index contributed by atoms with van der Waals surface area (Å²) in [6.45, 7) is 6.46. The summed E-state index contributed by atoms with van der Waals surface area (Å²) in [4.78, 5) is 51.7. The van der Waals surface area contributed by atoms with E-state index in [1.807, 2.05) is 0 Å². The van der Waals surface area contributed by atoms with E-state index >= 15 is 0 Å². The summed E-state index contributed by atoms with van der Waals surface area (Å²) in [6, 6.07) is 4.57. The summed E-state index contributed by atoms with van der Waals surface area (Å²) in [5, 5.41) is 23.5. The van der Waals surface area contributed by atoms with Crippen molar-refractivity contribution in [1.29, 1.82) is 0 Å². The normalized spacial score (nSPS) is 29.7. The Bertz CT molecular complexity index is 955. The second-order valence-electron chi connectivity index (χ2n) is 8.89. The molecule has 2 amide bonds. The second-order valence-corrected chi connectivity index (χ2v) is 8.89. The van der Waals surface area contributed by atoms with Gasteiger partial charge in [-0.1, -0.05) is 25.1 Å². The number of aliphatic hydroxyl groups is 1. The lowest BCUT2D eigenvalue weighted by Crippen LogP contribution is -2.60. The van der Waals surface area contributed by atoms with Crippen molar-refractivity contribution in [2.24, 2.45) is 5.92 Å². The van der Waals surface area contributed by atoms with Gasteiger partial charge in [0.15, 0.2) is 0 Å². The predicted molar refractivity (Wildman–Crippen MR) is 108 cm³/mol. The van der Waals surface area contributed by atoms with Gasteiger partial charge in [0.1, 0.15) is 16.9 Å². The lowest BCUT2D eigenvalue weighted by atomic mass is 9.64. The molecule has 4 atom stereocenters. The molecule has 1 saturated carbocycles. The van der Waals surface area contributed by atoms with Crippen LogP contribution in [0, 0.1) is 16.0 Å². The number of fused-ring (bicyclic) bond motifs is 2. The number of hydrogen-bond donors (Lipinski definition) is 1. The molecule has 1 N–H and O–H groups in total. The number of methoxy groups -OCH3 is 1. The third-order valence-electron chi connectivity index (χ3n) is 6.13. The number of imide groups is 1. The van der Waals surface area contributed by atoms with Crippen LogP contribution in [-0.4, -0.2) is 52.4 Å². The van der Waals surface area contributed by atoms with Crippen LogP contribution in [0.15, 0.2) is 24.3 Å². The highest BCUT2D eigenvalue weighted by Crippen LogP contribution is 2.61. The molecular formula is C21H26N2O8. The van der Waals surface area contributed by atoms with Crippen LogP contribution in [0.25, 0.3) is 0 Å². The Kier molecular flexibility index (Phi) is 5.34. The fourth-order valence-corrected chi connectivity index (χ4v) is 4.93. The van der Waals surface area contributed by atoms with E-state index in [0.717, 1.165) is 12.0 Å². The molecule has 1 aliphatic heterocycles. The number of esters is 1. The summed E-state index contributed by atoms with van der Waals surface area (Å²) in [5.41, 5.74) is -4.68. The topological polar surface area (TPSA) is 136 Å². The standard InChI is InChI=1S/C21H26N2O8/c1-6-20(27)11-14(23(28)29)15(16(24)30-5)21(20)12-9-7-8-10-13(12)22(17(21)25)18(26)31-19(2,3)4/h7-10,14-15,27H,6,11H2,1-5H3/t14-,15-,20+,21-/m0/s1. The Morgan fingerprint density at radius 1 is 1.32 bits per heavy atom. The summed E-state index contributed by atoms with van der Waals surface area (Å²) in [5.74, 6) is -3.56. The van der Waals surface area contributed by atoms with Gasteiger partial charge >= 0.3 is 12.1 Å². The van der Waals surface area contributed by atoms with Crippen LogP contribution in [0.5, 0.6) is 0 Å². The van der Waals surface area contributed by atoms with Crippen molar-refractivity contribution in [3.63, 3.8) is 0 Å². The van der Waals surface area contributed by atoms with Crippen LogP contribution in [0.2, 0.25) is 0 Å². The molecule has 1 heterocycles. The van der Waals surface area contributed by atoms with E-state index in [2.05, 4.69) is 0 Å². The van der Waals surface area contributed by atoms with Crippen LogP contribution in [0.3, 0.4) is 0 Å². The first-order chi connectivity index (χ1) is 14.4. The molecule has 168 valence electrons. The highest BCUT2D eigenvalue weighted by atomic mass is 16.6. The molecule has 0 bridgehead atoms. The molecule has 1 spiro atoms. The van der Waals surface area contributed by atoms with Gasteiger partial charge < -0.3 is 14.6 Å². The van der Waals surface area contributed by atoms with E-state index in [-0.39, 0.29) is 17.7 Å². The van der Waals surface area contributed by atoms with Gasteiger partial charge in [-0.15, -0.1) is 0 Å². The van der Waals surface area contributed by atoms with Crippen molar-refractivity contribution in [2.45, 2.75) is 63.2 Å². The molecule has 3 rings (SSSR count). The quantitative estimate of drug-likeness (QED) is 0.434. The Morgan fingerprint density at radius 3 is 2.45 bits per heavy atom. The van der Waals surface area contributed by atoms with E-state index in [9.17, 15) is 29.6 Å². The first-order valence-corrected chi connectivity index (χ1v) is 9.96. The molecule has 1 aromatic carbocycles. The van der Waals surface area contributed by atoms with Crippen LogP contribution in [0.4, 0.5) is 10.5 Å². The Morgan fingerprint density at radius 2 is 1.94 bits per heavy atom. The molecule has 0 unspecified atom stereocenters. The monoisotopic (exact) mass is 434 g/mol. The largest absolute Gasteiger partial charge is 0.469 e. The van der Waals surface area contributed by atoms with E-state index in [4.69, 9.17) is 9.47 Å². The third kappa shape index (κ3) is 3.08. The number of para-hydroxylation sites is 1. The molecular weight excluding hydrogens is 408 g/mol. The van der Waals surface area contributed by atoms with Crippen LogP contribution in [0.1, 0.15) is 46.1 Å². The highest BCUT2D eigenvalue weighted by Gasteiger charge is 2.78.